The zero-order valence-corrected chi connectivity index (χ0v) is 9.80. The van der Waals surface area contributed by atoms with Crippen molar-refractivity contribution < 1.29 is 9.53 Å². The molecule has 0 N–H and O–H groups in total. The van der Waals surface area contributed by atoms with Crippen LogP contribution in [-0.4, -0.2) is 12.6 Å². The highest BCUT2D eigenvalue weighted by Gasteiger charge is 2.08. The molecule has 0 saturated heterocycles. The highest BCUT2D eigenvalue weighted by atomic mass is 35.5. The van der Waals surface area contributed by atoms with Crippen LogP contribution in [0.2, 0.25) is 0 Å². The maximum Gasteiger partial charge on any atom is 0.335 e. The molecular formula is C12H15ClO2. The predicted octanol–water partition coefficient (Wildman–Crippen LogP) is 3.36. The van der Waals surface area contributed by atoms with E-state index in [1.165, 1.54) is 0 Å². The topological polar surface area (TPSA) is 26.3 Å². The summed E-state index contributed by atoms with van der Waals surface area (Å²) in [6.07, 6.45) is 4.83. The Kier molecular flexibility index (Phi) is 6.47. The van der Waals surface area contributed by atoms with Crippen molar-refractivity contribution in [2.75, 3.05) is 6.61 Å². The fourth-order valence-electron chi connectivity index (χ4n) is 0.793. The summed E-state index contributed by atoms with van der Waals surface area (Å²) in [7, 11) is 0. The van der Waals surface area contributed by atoms with Gasteiger partial charge in [0.1, 0.15) is 0 Å². The first kappa shape index (κ1) is 13.7. The second-order valence-electron chi connectivity index (χ2n) is 2.75. The van der Waals surface area contributed by atoms with Gasteiger partial charge in [-0.25, -0.2) is 4.79 Å². The minimum atomic E-state index is -0.411. The molecule has 0 atom stereocenters. The maximum atomic E-state index is 11.3. The summed E-state index contributed by atoms with van der Waals surface area (Å²) in [6.45, 7) is 10.9. The number of ether oxygens (including phenoxy) is 1. The van der Waals surface area contributed by atoms with Crippen molar-refractivity contribution in [2.45, 2.75) is 13.8 Å². The van der Waals surface area contributed by atoms with Gasteiger partial charge < -0.3 is 4.74 Å². The van der Waals surface area contributed by atoms with Crippen molar-refractivity contribution in [1.82, 2.24) is 0 Å². The lowest BCUT2D eigenvalue weighted by Gasteiger charge is -2.02. The summed E-state index contributed by atoms with van der Waals surface area (Å²) in [4.78, 5) is 11.3. The van der Waals surface area contributed by atoms with Gasteiger partial charge in [0.05, 0.1) is 17.2 Å². The predicted molar refractivity (Wildman–Crippen MR) is 63.7 cm³/mol. The Hall–Kier alpha value is -1.28. The molecule has 0 aliphatic heterocycles. The number of hydrogen-bond donors (Lipinski definition) is 0. The van der Waals surface area contributed by atoms with Crippen LogP contribution in [0.3, 0.4) is 0 Å². The monoisotopic (exact) mass is 226 g/mol. The first-order valence-corrected chi connectivity index (χ1v) is 4.94. The summed E-state index contributed by atoms with van der Waals surface area (Å²) < 4.78 is 4.81. The minimum Gasteiger partial charge on any atom is -0.463 e. The van der Waals surface area contributed by atoms with Crippen molar-refractivity contribution in [3.8, 4) is 0 Å². The molecule has 0 aromatic rings. The molecule has 0 radical (unpaired) electrons. The van der Waals surface area contributed by atoms with Gasteiger partial charge >= 0.3 is 5.97 Å². The Labute approximate surface area is 95.6 Å². The number of halogens is 1. The molecule has 0 aliphatic rings. The van der Waals surface area contributed by atoms with Crippen molar-refractivity contribution in [1.29, 1.82) is 0 Å². The molecule has 0 amide bonds. The molecule has 0 aromatic heterocycles. The van der Waals surface area contributed by atoms with E-state index in [9.17, 15) is 4.79 Å². The zero-order valence-electron chi connectivity index (χ0n) is 9.05. The van der Waals surface area contributed by atoms with Crippen LogP contribution in [-0.2, 0) is 9.53 Å². The standard InChI is InChI=1S/C12H15ClO2/c1-5-10(6-2)8-11(13)9(4)12(14)15-7-3/h5-6,8H,1-2,7H2,3-4H3/b11-9-. The normalized spacial score (nSPS) is 11.1. The Morgan fingerprint density at radius 3 is 2.33 bits per heavy atom. The van der Waals surface area contributed by atoms with Gasteiger partial charge in [0, 0.05) is 0 Å². The van der Waals surface area contributed by atoms with E-state index in [4.69, 9.17) is 16.3 Å². The third kappa shape index (κ3) is 4.66. The van der Waals surface area contributed by atoms with E-state index in [1.54, 1.807) is 32.1 Å². The average molecular weight is 227 g/mol. The zero-order chi connectivity index (χ0) is 11.8. The van der Waals surface area contributed by atoms with Crippen molar-refractivity contribution in [3.05, 3.63) is 47.6 Å². The molecule has 3 heteroatoms. The van der Waals surface area contributed by atoms with Gasteiger partial charge in [-0.05, 0) is 25.5 Å². The number of carbonyl (C=O) groups excluding carboxylic acids is 1. The van der Waals surface area contributed by atoms with Crippen LogP contribution in [0.5, 0.6) is 0 Å². The molecular weight excluding hydrogens is 212 g/mol. The fraction of sp³-hybridized carbons (Fsp3) is 0.250. The molecule has 0 fully saturated rings. The average Bonchev–Trinajstić information content (AvgIpc) is 2.24. The molecule has 0 bridgehead atoms. The van der Waals surface area contributed by atoms with Gasteiger partial charge in [0.25, 0.3) is 0 Å². The molecule has 0 aromatic carbocycles. The van der Waals surface area contributed by atoms with Crippen molar-refractivity contribution in [3.63, 3.8) is 0 Å². The maximum absolute atomic E-state index is 11.3. The SMILES string of the molecule is C=CC(C=C)=C/C(Cl)=C(\C)C(=O)OCC. The number of esters is 1. The van der Waals surface area contributed by atoms with E-state index >= 15 is 0 Å². The molecule has 0 aliphatic carbocycles. The quantitative estimate of drug-likeness (QED) is 0.408. The Morgan fingerprint density at radius 1 is 1.40 bits per heavy atom. The number of rotatable bonds is 5. The molecule has 0 rings (SSSR count). The van der Waals surface area contributed by atoms with E-state index in [2.05, 4.69) is 13.2 Å². The van der Waals surface area contributed by atoms with E-state index in [-0.39, 0.29) is 0 Å². The van der Waals surface area contributed by atoms with Crippen molar-refractivity contribution in [2.24, 2.45) is 0 Å². The number of allylic oxidation sites excluding steroid dienone is 5. The molecule has 0 unspecified atom stereocenters. The van der Waals surface area contributed by atoms with Crippen LogP contribution in [0.25, 0.3) is 0 Å². The highest BCUT2D eigenvalue weighted by molar-refractivity contribution is 6.33. The largest absolute Gasteiger partial charge is 0.463 e. The van der Waals surface area contributed by atoms with E-state index < -0.39 is 5.97 Å². The van der Waals surface area contributed by atoms with E-state index in [0.717, 1.165) is 5.57 Å². The molecule has 2 nitrogen and oxygen atoms in total. The molecule has 82 valence electrons. The lowest BCUT2D eigenvalue weighted by molar-refractivity contribution is -0.138. The minimum absolute atomic E-state index is 0.333. The lowest BCUT2D eigenvalue weighted by Crippen LogP contribution is -2.06. The molecule has 0 saturated carbocycles. The summed E-state index contributed by atoms with van der Waals surface area (Å²) in [6, 6.07) is 0. The molecule has 0 heterocycles. The van der Waals surface area contributed by atoms with Crippen LogP contribution in [0, 0.1) is 0 Å². The fourth-order valence-corrected chi connectivity index (χ4v) is 0.996. The Balaban J connectivity index is 4.93. The van der Waals surface area contributed by atoms with Gasteiger partial charge in [-0.1, -0.05) is 36.9 Å². The lowest BCUT2D eigenvalue weighted by atomic mass is 10.2. The summed E-state index contributed by atoms with van der Waals surface area (Å²) in [5, 5.41) is 0.336. The van der Waals surface area contributed by atoms with E-state index in [1.807, 2.05) is 0 Å². The van der Waals surface area contributed by atoms with Gasteiger partial charge in [-0.15, -0.1) is 0 Å². The number of hydrogen-bond acceptors (Lipinski definition) is 2. The Morgan fingerprint density at radius 2 is 1.93 bits per heavy atom. The highest BCUT2D eigenvalue weighted by Crippen LogP contribution is 2.15. The third-order valence-electron chi connectivity index (χ3n) is 1.70. The smallest absolute Gasteiger partial charge is 0.335 e. The molecule has 0 spiro atoms. The van der Waals surface area contributed by atoms with Gasteiger partial charge in [0.15, 0.2) is 0 Å². The first-order chi connectivity index (χ1) is 7.06. The van der Waals surface area contributed by atoms with Gasteiger partial charge in [-0.2, -0.15) is 0 Å². The third-order valence-corrected chi connectivity index (χ3v) is 2.10. The van der Waals surface area contributed by atoms with Crippen molar-refractivity contribution >= 4 is 17.6 Å². The Bertz CT molecular complexity index is 315. The van der Waals surface area contributed by atoms with Gasteiger partial charge in [-0.3, -0.25) is 0 Å². The second-order valence-corrected chi connectivity index (χ2v) is 3.15. The van der Waals surface area contributed by atoms with Crippen LogP contribution < -0.4 is 0 Å². The first-order valence-electron chi connectivity index (χ1n) is 4.56. The number of carbonyl (C=O) groups is 1. The van der Waals surface area contributed by atoms with E-state index in [0.29, 0.717) is 17.2 Å². The van der Waals surface area contributed by atoms with Crippen LogP contribution >= 0.6 is 11.6 Å². The van der Waals surface area contributed by atoms with Crippen LogP contribution in [0.4, 0.5) is 0 Å². The summed E-state index contributed by atoms with van der Waals surface area (Å²) in [5.74, 6) is -0.411. The van der Waals surface area contributed by atoms with Gasteiger partial charge in [0.2, 0.25) is 0 Å². The summed E-state index contributed by atoms with van der Waals surface area (Å²) in [5.41, 5.74) is 1.13. The van der Waals surface area contributed by atoms with Crippen LogP contribution in [0.15, 0.2) is 47.6 Å². The molecule has 15 heavy (non-hydrogen) atoms. The second kappa shape index (κ2) is 7.07. The summed E-state index contributed by atoms with van der Waals surface area (Å²) >= 11 is 5.92. The van der Waals surface area contributed by atoms with Crippen LogP contribution in [0.1, 0.15) is 13.8 Å².